The lowest BCUT2D eigenvalue weighted by molar-refractivity contribution is -0.143. The number of rotatable bonds is 3. The van der Waals surface area contributed by atoms with E-state index in [1.165, 1.54) is 0 Å². The average Bonchev–Trinajstić information content (AvgIpc) is 2.54. The van der Waals surface area contributed by atoms with Gasteiger partial charge in [-0.25, -0.2) is 4.79 Å². The first-order valence-electron chi connectivity index (χ1n) is 4.76. The van der Waals surface area contributed by atoms with Crippen molar-refractivity contribution in [2.24, 2.45) is 0 Å². The van der Waals surface area contributed by atoms with Crippen molar-refractivity contribution in [1.29, 1.82) is 0 Å². The molecule has 1 aliphatic carbocycles. The van der Waals surface area contributed by atoms with E-state index >= 15 is 0 Å². The third-order valence-electron chi connectivity index (χ3n) is 2.44. The molecule has 0 unspecified atom stereocenters. The van der Waals surface area contributed by atoms with E-state index in [0.29, 0.717) is 12.8 Å². The Hall–Kier alpha value is -1.19. The van der Waals surface area contributed by atoms with E-state index in [1.54, 1.807) is 6.92 Å². The van der Waals surface area contributed by atoms with E-state index < -0.39 is 11.6 Å². The zero-order chi connectivity index (χ0) is 10.6. The Morgan fingerprint density at radius 2 is 2.14 bits per heavy atom. The second kappa shape index (κ2) is 4.35. The maximum Gasteiger partial charge on any atom is 0.420 e. The van der Waals surface area contributed by atoms with E-state index in [-0.39, 0.29) is 12.3 Å². The molecule has 0 bridgehead atoms. The minimum Gasteiger partial charge on any atom is -0.457 e. The lowest BCUT2D eigenvalue weighted by atomic mass is 9.96. The molecule has 1 N–H and O–H groups in total. The number of ether oxygens (including phenoxy) is 1. The summed E-state index contributed by atoms with van der Waals surface area (Å²) in [5.41, 5.74) is 7.12. The molecule has 78 valence electrons. The monoisotopic (exact) mass is 198 g/mol. The number of esters is 1. The maximum absolute atomic E-state index is 11.3. The molecule has 14 heavy (non-hydrogen) atoms. The quantitative estimate of drug-likeness (QED) is 0.310. The fraction of sp³-hybridized carbons (Fsp3) is 0.778. The Balaban J connectivity index is 2.81. The molecule has 1 aliphatic rings. The van der Waals surface area contributed by atoms with Gasteiger partial charge in [0, 0.05) is 0 Å². The van der Waals surface area contributed by atoms with Gasteiger partial charge in [-0.3, -0.25) is 0 Å². The van der Waals surface area contributed by atoms with Crippen molar-refractivity contribution in [3.05, 3.63) is 5.53 Å². The smallest absolute Gasteiger partial charge is 0.420 e. The number of hydrogen-bond acceptors (Lipinski definition) is 3. The van der Waals surface area contributed by atoms with Gasteiger partial charge in [0.05, 0.1) is 6.61 Å². The van der Waals surface area contributed by atoms with Gasteiger partial charge in [0.15, 0.2) is 5.60 Å². The molecule has 0 aromatic carbocycles. The predicted molar refractivity (Wildman–Crippen MR) is 48.7 cm³/mol. The third kappa shape index (κ3) is 2.00. The van der Waals surface area contributed by atoms with E-state index in [9.17, 15) is 9.90 Å². The Morgan fingerprint density at radius 3 is 2.57 bits per heavy atom. The maximum atomic E-state index is 11.3. The molecular weight excluding hydrogens is 184 g/mol. The van der Waals surface area contributed by atoms with E-state index in [0.717, 1.165) is 12.8 Å². The molecule has 1 saturated carbocycles. The van der Waals surface area contributed by atoms with Gasteiger partial charge in [0.1, 0.15) is 0 Å². The molecule has 0 atom stereocenters. The zero-order valence-corrected chi connectivity index (χ0v) is 8.19. The number of carbonyl (C=O) groups is 1. The van der Waals surface area contributed by atoms with Crippen LogP contribution >= 0.6 is 0 Å². The first-order valence-corrected chi connectivity index (χ1v) is 4.76. The molecule has 0 amide bonds. The summed E-state index contributed by atoms with van der Waals surface area (Å²) >= 11 is 0. The molecule has 5 nitrogen and oxygen atoms in total. The number of nitrogens with zero attached hydrogens (tertiary/aromatic N) is 2. The van der Waals surface area contributed by atoms with Crippen molar-refractivity contribution in [2.75, 3.05) is 6.61 Å². The van der Waals surface area contributed by atoms with Gasteiger partial charge >= 0.3 is 11.7 Å². The van der Waals surface area contributed by atoms with E-state index in [1.807, 2.05) is 0 Å². The van der Waals surface area contributed by atoms with Crippen LogP contribution in [0.5, 0.6) is 0 Å². The largest absolute Gasteiger partial charge is 0.457 e. The van der Waals surface area contributed by atoms with Crippen LogP contribution in [0, 0.1) is 0 Å². The average molecular weight is 198 g/mol. The van der Waals surface area contributed by atoms with Crippen molar-refractivity contribution >= 4 is 11.7 Å². The van der Waals surface area contributed by atoms with Crippen LogP contribution in [0.3, 0.4) is 0 Å². The number of carbonyl (C=O) groups excluding carboxylic acids is 1. The molecule has 0 heterocycles. The summed E-state index contributed by atoms with van der Waals surface area (Å²) in [5.74, 6) is -0.737. The van der Waals surface area contributed by atoms with Gasteiger partial charge in [0.2, 0.25) is 0 Å². The first-order chi connectivity index (χ1) is 6.64. The summed E-state index contributed by atoms with van der Waals surface area (Å²) in [4.78, 5) is 14.1. The standard InChI is InChI=1S/C9H14N2O3/c1-2-14-8(12)7(11-10)9(13)5-3-4-6-9/h13H,2-6H2,1H3. The summed E-state index contributed by atoms with van der Waals surface area (Å²) in [6.45, 7) is 1.86. The minimum absolute atomic E-state index is 0.202. The highest BCUT2D eigenvalue weighted by Crippen LogP contribution is 2.30. The lowest BCUT2D eigenvalue weighted by Gasteiger charge is -2.14. The highest BCUT2D eigenvalue weighted by Gasteiger charge is 2.48. The van der Waals surface area contributed by atoms with Crippen molar-refractivity contribution in [1.82, 2.24) is 0 Å². The summed E-state index contributed by atoms with van der Waals surface area (Å²) < 4.78 is 4.68. The van der Waals surface area contributed by atoms with E-state index in [4.69, 9.17) is 5.53 Å². The van der Waals surface area contributed by atoms with Crippen LogP contribution in [0.25, 0.3) is 5.53 Å². The van der Waals surface area contributed by atoms with Crippen LogP contribution in [0.4, 0.5) is 0 Å². The Kier molecular flexibility index (Phi) is 3.38. The van der Waals surface area contributed by atoms with Crippen LogP contribution in [-0.2, 0) is 9.53 Å². The fourth-order valence-electron chi connectivity index (χ4n) is 1.72. The molecule has 0 spiro atoms. The fourth-order valence-corrected chi connectivity index (χ4v) is 1.72. The summed E-state index contributed by atoms with van der Waals surface area (Å²) in [7, 11) is 0. The minimum atomic E-state index is -1.29. The molecule has 1 fully saturated rings. The van der Waals surface area contributed by atoms with Gasteiger partial charge in [-0.1, -0.05) is 0 Å². The number of hydrogen-bond donors (Lipinski definition) is 1. The summed E-state index contributed by atoms with van der Waals surface area (Å²) in [6, 6.07) is 0. The van der Waals surface area contributed by atoms with Crippen molar-refractivity contribution in [2.45, 2.75) is 38.2 Å². The second-order valence-electron chi connectivity index (χ2n) is 3.41. The molecular formula is C9H14N2O3. The van der Waals surface area contributed by atoms with Gasteiger partial charge in [-0.15, -0.1) is 0 Å². The van der Waals surface area contributed by atoms with Gasteiger partial charge in [0.25, 0.3) is 0 Å². The van der Waals surface area contributed by atoms with Crippen molar-refractivity contribution in [3.8, 4) is 0 Å². The third-order valence-corrected chi connectivity index (χ3v) is 2.44. The highest BCUT2D eigenvalue weighted by atomic mass is 16.5. The highest BCUT2D eigenvalue weighted by molar-refractivity contribution is 6.37. The van der Waals surface area contributed by atoms with Crippen LogP contribution in [-0.4, -0.2) is 33.8 Å². The molecule has 0 radical (unpaired) electrons. The zero-order valence-electron chi connectivity index (χ0n) is 8.19. The van der Waals surface area contributed by atoms with Crippen molar-refractivity contribution < 1.29 is 19.4 Å². The second-order valence-corrected chi connectivity index (χ2v) is 3.41. The Morgan fingerprint density at radius 1 is 1.57 bits per heavy atom. The molecule has 0 aliphatic heterocycles. The van der Waals surface area contributed by atoms with Crippen LogP contribution < -0.4 is 0 Å². The van der Waals surface area contributed by atoms with Crippen molar-refractivity contribution in [3.63, 3.8) is 0 Å². The number of aliphatic hydroxyl groups is 1. The normalized spacial score (nSPS) is 18.7. The SMILES string of the molecule is CCOC(=O)C(=[N+]=[N-])C1(O)CCCC1. The molecule has 0 aromatic rings. The van der Waals surface area contributed by atoms with Gasteiger partial charge in [-0.05, 0) is 32.6 Å². The first kappa shape index (κ1) is 10.9. The van der Waals surface area contributed by atoms with Crippen LogP contribution in [0.15, 0.2) is 0 Å². The molecule has 0 aromatic heterocycles. The Labute approximate surface area is 82.3 Å². The van der Waals surface area contributed by atoms with E-state index in [2.05, 4.69) is 9.53 Å². The predicted octanol–water partition coefficient (Wildman–Crippen LogP) is 0.525. The van der Waals surface area contributed by atoms with Crippen LogP contribution in [0.2, 0.25) is 0 Å². The van der Waals surface area contributed by atoms with Gasteiger partial charge < -0.3 is 15.4 Å². The Bertz CT molecular complexity index is 276. The molecule has 1 rings (SSSR count). The molecule has 0 saturated heterocycles. The lowest BCUT2D eigenvalue weighted by Crippen LogP contribution is -2.42. The van der Waals surface area contributed by atoms with Gasteiger partial charge in [-0.2, -0.15) is 4.79 Å². The summed E-state index contributed by atoms with van der Waals surface area (Å²) in [6.07, 6.45) is 2.56. The molecule has 5 heteroatoms. The summed E-state index contributed by atoms with van der Waals surface area (Å²) in [5, 5.41) is 9.96. The topological polar surface area (TPSA) is 82.9 Å². The van der Waals surface area contributed by atoms with Crippen LogP contribution in [0.1, 0.15) is 32.6 Å².